The van der Waals surface area contributed by atoms with Crippen LogP contribution in [-0.4, -0.2) is 38.4 Å². The third-order valence-electron chi connectivity index (χ3n) is 3.58. The average Bonchev–Trinajstić information content (AvgIpc) is 2.50. The quantitative estimate of drug-likeness (QED) is 0.769. The lowest BCUT2D eigenvalue weighted by Crippen LogP contribution is -2.40. The lowest BCUT2D eigenvalue weighted by atomic mass is 9.98. The fourth-order valence-corrected chi connectivity index (χ4v) is 4.61. The number of benzene rings is 1. The Morgan fingerprint density at radius 3 is 2.55 bits per heavy atom. The number of esters is 1. The van der Waals surface area contributed by atoms with Crippen LogP contribution in [0.5, 0.6) is 0 Å². The first-order valence-electron chi connectivity index (χ1n) is 6.98. The van der Waals surface area contributed by atoms with Crippen LogP contribution in [0.2, 0.25) is 10.0 Å². The van der Waals surface area contributed by atoms with Crippen LogP contribution in [0.4, 0.5) is 0 Å². The van der Waals surface area contributed by atoms with E-state index in [2.05, 4.69) is 0 Å². The van der Waals surface area contributed by atoms with E-state index in [0.29, 0.717) is 24.5 Å². The fourth-order valence-electron chi connectivity index (χ4n) is 2.41. The Morgan fingerprint density at radius 1 is 1.32 bits per heavy atom. The molecule has 0 bridgehead atoms. The van der Waals surface area contributed by atoms with Crippen molar-refractivity contribution in [1.29, 1.82) is 0 Å². The molecule has 0 aromatic heterocycles. The van der Waals surface area contributed by atoms with Gasteiger partial charge < -0.3 is 4.74 Å². The van der Waals surface area contributed by atoms with Gasteiger partial charge in [0.15, 0.2) is 0 Å². The van der Waals surface area contributed by atoms with Crippen molar-refractivity contribution >= 4 is 39.2 Å². The highest BCUT2D eigenvalue weighted by Crippen LogP contribution is 2.30. The summed E-state index contributed by atoms with van der Waals surface area (Å²) in [5, 5.41) is 0.446. The number of ether oxygens (including phenoxy) is 1. The van der Waals surface area contributed by atoms with Gasteiger partial charge in [0.05, 0.1) is 17.5 Å². The number of sulfonamides is 1. The van der Waals surface area contributed by atoms with Gasteiger partial charge in [-0.05, 0) is 38.0 Å². The molecule has 0 N–H and O–H groups in total. The first-order valence-corrected chi connectivity index (χ1v) is 9.17. The zero-order chi connectivity index (χ0) is 16.3. The Hall–Kier alpha value is -0.820. The molecular formula is C14H17Cl2NO4S. The SMILES string of the molecule is CCOC(=O)C1CCN(S(=O)(=O)c2cc(Cl)ccc2Cl)CC1. The molecule has 0 aliphatic carbocycles. The second-order valence-electron chi connectivity index (χ2n) is 5.01. The van der Waals surface area contributed by atoms with E-state index >= 15 is 0 Å². The average molecular weight is 366 g/mol. The molecule has 8 heteroatoms. The van der Waals surface area contributed by atoms with Gasteiger partial charge in [-0.1, -0.05) is 23.2 Å². The highest BCUT2D eigenvalue weighted by molar-refractivity contribution is 7.89. The number of nitrogens with zero attached hydrogens (tertiary/aromatic N) is 1. The maximum Gasteiger partial charge on any atom is 0.309 e. The minimum atomic E-state index is -3.71. The molecule has 1 fully saturated rings. The van der Waals surface area contributed by atoms with Crippen molar-refractivity contribution in [3.8, 4) is 0 Å². The van der Waals surface area contributed by atoms with Crippen LogP contribution in [0.25, 0.3) is 0 Å². The molecule has 0 saturated carbocycles. The van der Waals surface area contributed by atoms with Crippen LogP contribution in [-0.2, 0) is 19.6 Å². The van der Waals surface area contributed by atoms with Gasteiger partial charge in [0.2, 0.25) is 10.0 Å². The fraction of sp³-hybridized carbons (Fsp3) is 0.500. The van der Waals surface area contributed by atoms with E-state index in [1.165, 1.54) is 22.5 Å². The molecular weight excluding hydrogens is 349 g/mol. The molecule has 0 amide bonds. The molecule has 22 heavy (non-hydrogen) atoms. The predicted octanol–water partition coefficient (Wildman–Crippen LogP) is 2.96. The molecule has 0 radical (unpaired) electrons. The molecule has 1 aromatic carbocycles. The van der Waals surface area contributed by atoms with E-state index in [1.54, 1.807) is 6.92 Å². The molecule has 122 valence electrons. The summed E-state index contributed by atoms with van der Waals surface area (Å²) in [6.07, 6.45) is 0.881. The Kier molecular flexibility index (Phi) is 5.71. The van der Waals surface area contributed by atoms with Crippen molar-refractivity contribution in [1.82, 2.24) is 4.31 Å². The number of carbonyl (C=O) groups excluding carboxylic acids is 1. The molecule has 1 aromatic rings. The van der Waals surface area contributed by atoms with E-state index in [4.69, 9.17) is 27.9 Å². The van der Waals surface area contributed by atoms with E-state index in [-0.39, 0.29) is 34.9 Å². The van der Waals surface area contributed by atoms with Crippen LogP contribution >= 0.6 is 23.2 Å². The Labute approximate surface area is 140 Å². The summed E-state index contributed by atoms with van der Waals surface area (Å²) < 4.78 is 31.6. The second-order valence-corrected chi connectivity index (χ2v) is 7.76. The van der Waals surface area contributed by atoms with Gasteiger partial charge in [0.25, 0.3) is 0 Å². The molecule has 1 aliphatic rings. The molecule has 2 rings (SSSR count). The van der Waals surface area contributed by atoms with Crippen LogP contribution in [0.1, 0.15) is 19.8 Å². The summed E-state index contributed by atoms with van der Waals surface area (Å²) in [5.74, 6) is -0.512. The second kappa shape index (κ2) is 7.17. The first kappa shape index (κ1) is 17.5. The first-order chi connectivity index (χ1) is 10.4. The van der Waals surface area contributed by atoms with Crippen molar-refractivity contribution < 1.29 is 17.9 Å². The van der Waals surface area contributed by atoms with Crippen molar-refractivity contribution in [2.45, 2.75) is 24.7 Å². The van der Waals surface area contributed by atoms with Crippen molar-refractivity contribution in [2.75, 3.05) is 19.7 Å². The third-order valence-corrected chi connectivity index (χ3v) is 6.20. The Balaban J connectivity index is 2.13. The highest BCUT2D eigenvalue weighted by atomic mass is 35.5. The number of halogens is 2. The molecule has 0 atom stereocenters. The minimum absolute atomic E-state index is 0.00347. The number of hydrogen-bond donors (Lipinski definition) is 0. The summed E-state index contributed by atoms with van der Waals surface area (Å²) >= 11 is 11.8. The topological polar surface area (TPSA) is 63.7 Å². The van der Waals surface area contributed by atoms with E-state index < -0.39 is 10.0 Å². The minimum Gasteiger partial charge on any atom is -0.466 e. The highest BCUT2D eigenvalue weighted by Gasteiger charge is 2.33. The maximum absolute atomic E-state index is 12.6. The molecule has 1 heterocycles. The summed E-state index contributed by atoms with van der Waals surface area (Å²) in [4.78, 5) is 11.7. The Bertz CT molecular complexity index is 655. The van der Waals surface area contributed by atoms with Gasteiger partial charge in [-0.3, -0.25) is 4.79 Å². The van der Waals surface area contributed by atoms with Gasteiger partial charge >= 0.3 is 5.97 Å². The molecule has 1 aliphatic heterocycles. The monoisotopic (exact) mass is 365 g/mol. The van der Waals surface area contributed by atoms with E-state index in [0.717, 1.165) is 0 Å². The van der Waals surface area contributed by atoms with Crippen LogP contribution in [0.15, 0.2) is 23.1 Å². The summed E-state index contributed by atoms with van der Waals surface area (Å²) in [6, 6.07) is 4.34. The zero-order valence-corrected chi connectivity index (χ0v) is 14.4. The zero-order valence-electron chi connectivity index (χ0n) is 12.1. The van der Waals surface area contributed by atoms with Crippen LogP contribution in [0, 0.1) is 5.92 Å². The molecule has 0 spiro atoms. The molecule has 1 saturated heterocycles. The van der Waals surface area contributed by atoms with Crippen molar-refractivity contribution in [2.24, 2.45) is 5.92 Å². The van der Waals surface area contributed by atoms with Gasteiger partial charge in [-0.25, -0.2) is 8.42 Å². The summed E-state index contributed by atoms with van der Waals surface area (Å²) in [6.45, 7) is 2.59. The largest absolute Gasteiger partial charge is 0.466 e. The standard InChI is InChI=1S/C14H17Cl2NO4S/c1-2-21-14(18)10-5-7-17(8-6-10)22(19,20)13-9-11(15)3-4-12(13)16/h3-4,9-10H,2,5-8H2,1H3. The predicted molar refractivity (Wildman–Crippen MR) is 84.6 cm³/mol. The van der Waals surface area contributed by atoms with Crippen molar-refractivity contribution in [3.63, 3.8) is 0 Å². The van der Waals surface area contributed by atoms with Crippen LogP contribution < -0.4 is 0 Å². The normalized spacial score (nSPS) is 17.4. The maximum atomic E-state index is 12.6. The third kappa shape index (κ3) is 3.74. The number of rotatable bonds is 4. The van der Waals surface area contributed by atoms with Crippen LogP contribution in [0.3, 0.4) is 0 Å². The lowest BCUT2D eigenvalue weighted by molar-refractivity contribution is -0.149. The van der Waals surface area contributed by atoms with Gasteiger partial charge in [-0.2, -0.15) is 4.31 Å². The van der Waals surface area contributed by atoms with Gasteiger partial charge in [0, 0.05) is 18.1 Å². The van der Waals surface area contributed by atoms with Gasteiger partial charge in [0.1, 0.15) is 4.90 Å². The number of hydrogen-bond acceptors (Lipinski definition) is 4. The molecule has 5 nitrogen and oxygen atoms in total. The Morgan fingerprint density at radius 2 is 1.95 bits per heavy atom. The van der Waals surface area contributed by atoms with E-state index in [1.807, 2.05) is 0 Å². The lowest BCUT2D eigenvalue weighted by Gasteiger charge is -2.30. The number of piperidine rings is 1. The van der Waals surface area contributed by atoms with E-state index in [9.17, 15) is 13.2 Å². The summed E-state index contributed by atoms with van der Waals surface area (Å²) in [5.41, 5.74) is 0. The van der Waals surface area contributed by atoms with Crippen molar-refractivity contribution in [3.05, 3.63) is 28.2 Å². The number of carbonyl (C=O) groups is 1. The summed E-state index contributed by atoms with van der Waals surface area (Å²) in [7, 11) is -3.71. The molecule has 0 unspecified atom stereocenters. The smallest absolute Gasteiger partial charge is 0.309 e. The van der Waals surface area contributed by atoms with Gasteiger partial charge in [-0.15, -0.1) is 0 Å².